The van der Waals surface area contributed by atoms with Crippen LogP contribution < -0.4 is 5.46 Å². The summed E-state index contributed by atoms with van der Waals surface area (Å²) >= 11 is 0. The molecule has 0 aliphatic carbocycles. The molecular weight excluding hydrogens is 371 g/mol. The van der Waals surface area contributed by atoms with Gasteiger partial charge in [-0.1, -0.05) is 36.4 Å². The van der Waals surface area contributed by atoms with Crippen LogP contribution in [0.25, 0.3) is 32.3 Å². The number of fused-ring (bicyclic) bond motifs is 3. The van der Waals surface area contributed by atoms with Gasteiger partial charge in [0.2, 0.25) is 0 Å². The van der Waals surface area contributed by atoms with E-state index in [0.717, 1.165) is 33.0 Å². The molecule has 4 aromatic rings. The predicted octanol–water partition coefficient (Wildman–Crippen LogP) is 5.63. The standard InChI is InChI=1S/C25H23BN2O2/c1-24(2)25(3,4)30-26(29-24)17-10-13-19(14-11-17)28-22-9-7-6-8-20(22)21-16-18(27-5)12-15-23(21)28/h6-16H,1-4H3. The molecule has 30 heavy (non-hydrogen) atoms. The van der Waals surface area contributed by atoms with Crippen molar-refractivity contribution in [2.45, 2.75) is 38.9 Å². The minimum atomic E-state index is -0.372. The molecule has 1 aliphatic heterocycles. The minimum absolute atomic E-state index is 0.357. The van der Waals surface area contributed by atoms with Crippen LogP contribution in [0.3, 0.4) is 0 Å². The lowest BCUT2D eigenvalue weighted by atomic mass is 9.79. The van der Waals surface area contributed by atoms with E-state index < -0.39 is 0 Å². The molecule has 2 heterocycles. The first-order chi connectivity index (χ1) is 14.3. The van der Waals surface area contributed by atoms with E-state index in [9.17, 15) is 0 Å². The molecule has 0 radical (unpaired) electrons. The maximum Gasteiger partial charge on any atom is 0.494 e. The maximum absolute atomic E-state index is 7.35. The van der Waals surface area contributed by atoms with Gasteiger partial charge in [0.1, 0.15) is 0 Å². The van der Waals surface area contributed by atoms with E-state index in [4.69, 9.17) is 15.9 Å². The average Bonchev–Trinajstić information content (AvgIpc) is 3.17. The summed E-state index contributed by atoms with van der Waals surface area (Å²) in [6, 6.07) is 22.6. The quantitative estimate of drug-likeness (QED) is 0.325. The SMILES string of the molecule is [C-]#[N+]c1ccc2c(c1)c1ccccc1n2-c1ccc(B2OC(C)(C)C(C)(C)O2)cc1. The Labute approximate surface area is 177 Å². The molecule has 1 aromatic heterocycles. The van der Waals surface area contributed by atoms with Crippen molar-refractivity contribution in [3.63, 3.8) is 0 Å². The first kappa shape index (κ1) is 18.9. The molecule has 0 atom stereocenters. The largest absolute Gasteiger partial charge is 0.494 e. The lowest BCUT2D eigenvalue weighted by Crippen LogP contribution is -2.41. The molecule has 1 saturated heterocycles. The van der Waals surface area contributed by atoms with E-state index in [1.807, 2.05) is 30.3 Å². The zero-order valence-electron chi connectivity index (χ0n) is 17.6. The van der Waals surface area contributed by atoms with E-state index in [-0.39, 0.29) is 18.3 Å². The second-order valence-corrected chi connectivity index (χ2v) is 8.85. The average molecular weight is 394 g/mol. The molecule has 1 fully saturated rings. The monoisotopic (exact) mass is 394 g/mol. The summed E-state index contributed by atoms with van der Waals surface area (Å²) in [5.74, 6) is 0. The van der Waals surface area contributed by atoms with Gasteiger partial charge in [0, 0.05) is 11.1 Å². The summed E-state index contributed by atoms with van der Waals surface area (Å²) in [7, 11) is -0.372. The fourth-order valence-corrected chi connectivity index (χ4v) is 4.07. The van der Waals surface area contributed by atoms with Gasteiger partial charge in [0.25, 0.3) is 0 Å². The van der Waals surface area contributed by atoms with Gasteiger partial charge in [0.15, 0.2) is 5.69 Å². The summed E-state index contributed by atoms with van der Waals surface area (Å²) in [6.45, 7) is 15.6. The van der Waals surface area contributed by atoms with Crippen LogP contribution in [-0.2, 0) is 9.31 Å². The fraction of sp³-hybridized carbons (Fsp3) is 0.240. The third-order valence-electron chi connectivity index (χ3n) is 6.46. The number of rotatable bonds is 2. The van der Waals surface area contributed by atoms with Gasteiger partial charge in [-0.05, 0) is 68.9 Å². The van der Waals surface area contributed by atoms with Gasteiger partial charge in [-0.15, -0.1) is 0 Å². The van der Waals surface area contributed by atoms with Crippen LogP contribution in [0.15, 0.2) is 66.7 Å². The lowest BCUT2D eigenvalue weighted by molar-refractivity contribution is 0.00578. The number of hydrogen-bond donors (Lipinski definition) is 0. The summed E-state index contributed by atoms with van der Waals surface area (Å²) < 4.78 is 14.6. The number of hydrogen-bond acceptors (Lipinski definition) is 2. The molecule has 1 aliphatic rings. The molecule has 0 amide bonds. The Bertz CT molecular complexity index is 1300. The van der Waals surface area contributed by atoms with E-state index in [2.05, 4.69) is 73.5 Å². The van der Waals surface area contributed by atoms with Gasteiger partial charge >= 0.3 is 7.12 Å². The Morgan fingerprint density at radius 2 is 1.43 bits per heavy atom. The summed E-state index contributed by atoms with van der Waals surface area (Å²) in [5, 5.41) is 2.24. The Hall–Kier alpha value is -3.07. The van der Waals surface area contributed by atoms with Crippen molar-refractivity contribution in [2.75, 3.05) is 0 Å². The molecule has 0 bridgehead atoms. The van der Waals surface area contributed by atoms with Crippen molar-refractivity contribution in [3.05, 3.63) is 78.1 Å². The van der Waals surface area contributed by atoms with Crippen molar-refractivity contribution >= 4 is 40.1 Å². The van der Waals surface area contributed by atoms with Gasteiger partial charge in [0.05, 0.1) is 28.8 Å². The molecule has 0 unspecified atom stereocenters. The summed E-state index contributed by atoms with van der Waals surface area (Å²) in [6.07, 6.45) is 0. The summed E-state index contributed by atoms with van der Waals surface area (Å²) in [4.78, 5) is 3.60. The van der Waals surface area contributed by atoms with Crippen molar-refractivity contribution in [1.29, 1.82) is 0 Å². The zero-order valence-corrected chi connectivity index (χ0v) is 17.6. The number of benzene rings is 3. The van der Waals surface area contributed by atoms with Crippen molar-refractivity contribution in [3.8, 4) is 5.69 Å². The molecule has 148 valence electrons. The number of nitrogens with zero attached hydrogens (tertiary/aromatic N) is 2. The Balaban J connectivity index is 1.61. The topological polar surface area (TPSA) is 27.8 Å². The maximum atomic E-state index is 7.35. The van der Waals surface area contributed by atoms with Crippen LogP contribution in [0.5, 0.6) is 0 Å². The predicted molar refractivity (Wildman–Crippen MR) is 123 cm³/mol. The van der Waals surface area contributed by atoms with Crippen LogP contribution in [0.1, 0.15) is 27.7 Å². The van der Waals surface area contributed by atoms with Crippen molar-refractivity contribution < 1.29 is 9.31 Å². The molecular formula is C25H23BN2O2. The zero-order chi connectivity index (χ0) is 21.1. The third-order valence-corrected chi connectivity index (χ3v) is 6.46. The van der Waals surface area contributed by atoms with E-state index in [1.165, 1.54) is 0 Å². The molecule has 0 saturated carbocycles. The van der Waals surface area contributed by atoms with E-state index in [1.54, 1.807) is 0 Å². The Kier molecular flexibility index (Phi) is 4.08. The highest BCUT2D eigenvalue weighted by atomic mass is 16.7. The molecule has 5 rings (SSSR count). The minimum Gasteiger partial charge on any atom is -0.399 e. The lowest BCUT2D eigenvalue weighted by Gasteiger charge is -2.32. The third kappa shape index (κ3) is 2.76. The van der Waals surface area contributed by atoms with Gasteiger partial charge in [-0.3, -0.25) is 0 Å². The van der Waals surface area contributed by atoms with Gasteiger partial charge in [-0.2, -0.15) is 0 Å². The smallest absolute Gasteiger partial charge is 0.399 e. The van der Waals surface area contributed by atoms with Crippen molar-refractivity contribution in [1.82, 2.24) is 4.57 Å². The highest BCUT2D eigenvalue weighted by Gasteiger charge is 2.51. The van der Waals surface area contributed by atoms with Crippen LogP contribution in [0, 0.1) is 6.57 Å². The van der Waals surface area contributed by atoms with Crippen LogP contribution >= 0.6 is 0 Å². The first-order valence-corrected chi connectivity index (χ1v) is 10.2. The molecule has 0 spiro atoms. The van der Waals surface area contributed by atoms with Crippen LogP contribution in [0.2, 0.25) is 0 Å². The van der Waals surface area contributed by atoms with E-state index in [0.29, 0.717) is 5.69 Å². The van der Waals surface area contributed by atoms with Gasteiger partial charge in [-0.25, -0.2) is 4.85 Å². The highest BCUT2D eigenvalue weighted by Crippen LogP contribution is 2.37. The number of aromatic nitrogens is 1. The highest BCUT2D eigenvalue weighted by molar-refractivity contribution is 6.62. The van der Waals surface area contributed by atoms with Gasteiger partial charge < -0.3 is 13.9 Å². The number of para-hydroxylation sites is 1. The molecule has 5 heteroatoms. The summed E-state index contributed by atoms with van der Waals surface area (Å²) in [5.41, 5.74) is 4.23. The van der Waals surface area contributed by atoms with Crippen LogP contribution in [-0.4, -0.2) is 22.9 Å². The van der Waals surface area contributed by atoms with Crippen LogP contribution in [0.4, 0.5) is 5.69 Å². The molecule has 3 aromatic carbocycles. The normalized spacial score (nSPS) is 17.5. The second kappa shape index (κ2) is 6.47. The Morgan fingerprint density at radius 1 is 0.800 bits per heavy atom. The first-order valence-electron chi connectivity index (χ1n) is 10.2. The van der Waals surface area contributed by atoms with E-state index >= 15 is 0 Å². The fourth-order valence-electron chi connectivity index (χ4n) is 4.07. The Morgan fingerprint density at radius 3 is 2.10 bits per heavy atom. The molecule has 0 N–H and O–H groups in total. The van der Waals surface area contributed by atoms with Crippen molar-refractivity contribution in [2.24, 2.45) is 0 Å². The second-order valence-electron chi connectivity index (χ2n) is 8.85. The molecule has 4 nitrogen and oxygen atoms in total.